The lowest BCUT2D eigenvalue weighted by Gasteiger charge is -2.20. The van der Waals surface area contributed by atoms with E-state index < -0.39 is 33.2 Å². The van der Waals surface area contributed by atoms with Gasteiger partial charge < -0.3 is 24.6 Å². The van der Waals surface area contributed by atoms with Crippen molar-refractivity contribution in [3.63, 3.8) is 0 Å². The average Bonchev–Trinajstić information content (AvgIpc) is 3.19. The molecule has 3 N–H and O–H groups in total. The minimum Gasteiger partial charge on any atom is -0.457 e. The summed E-state index contributed by atoms with van der Waals surface area (Å²) < 4.78 is 33.4. The topological polar surface area (TPSA) is 132 Å². The number of phosphoric acid groups is 1. The maximum atomic E-state index is 12.6. The van der Waals surface area contributed by atoms with E-state index in [2.05, 4.69) is 13.8 Å². The van der Waals surface area contributed by atoms with Crippen molar-refractivity contribution in [2.75, 3.05) is 33.0 Å². The number of phosphoric ester groups is 1. The minimum absolute atomic E-state index is 0.0583. The highest BCUT2D eigenvalue weighted by atomic mass is 31.2. The molecule has 3 atom stereocenters. The second-order valence-corrected chi connectivity index (χ2v) is 18.0. The molecule has 0 aromatic carbocycles. The number of esters is 1. The molecule has 0 aromatic rings. The molecule has 0 aromatic heterocycles. The molecule has 0 saturated heterocycles. The van der Waals surface area contributed by atoms with Gasteiger partial charge in [-0.25, -0.2) is 4.57 Å². The molecule has 0 rings (SSSR count). The summed E-state index contributed by atoms with van der Waals surface area (Å²) in [6.07, 6.45) is 43.5. The SMILES string of the molecule is CCCCCCCCCCCCCCCCCCCCCCCC(=O)O[C@H](COCCCCCCCCCCCCCCCC)COP(=O)(O)OC[C@@H](O)CO. The van der Waals surface area contributed by atoms with E-state index in [1.165, 1.54) is 193 Å². The first-order valence-corrected chi connectivity index (χ1v) is 25.5. The van der Waals surface area contributed by atoms with Crippen molar-refractivity contribution >= 4 is 13.8 Å². The normalized spacial score (nSPS) is 13.9. The zero-order valence-electron chi connectivity index (χ0n) is 36.9. The van der Waals surface area contributed by atoms with Crippen LogP contribution >= 0.6 is 7.82 Å². The molecule has 56 heavy (non-hydrogen) atoms. The quantitative estimate of drug-likeness (QED) is 0.0312. The molecule has 0 radical (unpaired) electrons. The first-order chi connectivity index (χ1) is 27.3. The molecular weight excluding hydrogens is 727 g/mol. The number of hydrogen-bond acceptors (Lipinski definition) is 8. The highest BCUT2D eigenvalue weighted by molar-refractivity contribution is 7.47. The van der Waals surface area contributed by atoms with Gasteiger partial charge in [0.25, 0.3) is 0 Å². The summed E-state index contributed by atoms with van der Waals surface area (Å²) in [6, 6.07) is 0. The summed E-state index contributed by atoms with van der Waals surface area (Å²) in [5, 5.41) is 18.4. The fourth-order valence-electron chi connectivity index (χ4n) is 7.12. The number of carbonyl (C=O) groups excluding carboxylic acids is 1. The van der Waals surface area contributed by atoms with Crippen LogP contribution in [-0.4, -0.2) is 66.3 Å². The number of aliphatic hydroxyl groups excluding tert-OH is 2. The zero-order chi connectivity index (χ0) is 41.1. The van der Waals surface area contributed by atoms with Crippen LogP contribution in [0.3, 0.4) is 0 Å². The van der Waals surface area contributed by atoms with E-state index in [1.54, 1.807) is 0 Å². The Kier molecular flexibility index (Phi) is 43.6. The summed E-state index contributed by atoms with van der Waals surface area (Å²) in [5.41, 5.74) is 0. The predicted molar refractivity (Wildman–Crippen MR) is 233 cm³/mol. The van der Waals surface area contributed by atoms with Crippen molar-refractivity contribution in [2.45, 2.75) is 257 Å². The molecule has 10 heteroatoms. The molecule has 0 bridgehead atoms. The second kappa shape index (κ2) is 44.0. The van der Waals surface area contributed by atoms with Crippen molar-refractivity contribution in [1.82, 2.24) is 0 Å². The van der Waals surface area contributed by atoms with E-state index >= 15 is 0 Å². The summed E-state index contributed by atoms with van der Waals surface area (Å²) in [5.74, 6) is -0.374. The largest absolute Gasteiger partial charge is 0.472 e. The molecule has 0 fully saturated rings. The number of ether oxygens (including phenoxy) is 2. The second-order valence-electron chi connectivity index (χ2n) is 16.5. The van der Waals surface area contributed by atoms with Crippen LogP contribution in [0.15, 0.2) is 0 Å². The highest BCUT2D eigenvalue weighted by Gasteiger charge is 2.26. The van der Waals surface area contributed by atoms with E-state index in [0.717, 1.165) is 32.1 Å². The van der Waals surface area contributed by atoms with Gasteiger partial charge in [0, 0.05) is 13.0 Å². The van der Waals surface area contributed by atoms with Gasteiger partial charge in [-0.3, -0.25) is 13.8 Å². The fraction of sp³-hybridized carbons (Fsp3) is 0.978. The molecule has 336 valence electrons. The van der Waals surface area contributed by atoms with Crippen molar-refractivity contribution in [3.05, 3.63) is 0 Å². The van der Waals surface area contributed by atoms with Crippen LogP contribution in [-0.2, 0) is 27.9 Å². The number of hydrogen-bond donors (Lipinski definition) is 3. The van der Waals surface area contributed by atoms with Gasteiger partial charge in [0.15, 0.2) is 0 Å². The third-order valence-electron chi connectivity index (χ3n) is 10.8. The molecule has 9 nitrogen and oxygen atoms in total. The van der Waals surface area contributed by atoms with Gasteiger partial charge in [-0.1, -0.05) is 226 Å². The van der Waals surface area contributed by atoms with E-state index in [9.17, 15) is 19.4 Å². The summed E-state index contributed by atoms with van der Waals surface area (Å²) in [7, 11) is -4.51. The Labute approximate surface area is 346 Å². The van der Waals surface area contributed by atoms with E-state index in [1.807, 2.05) is 0 Å². The molecule has 0 heterocycles. The summed E-state index contributed by atoms with van der Waals surface area (Å²) in [6.45, 7) is 3.59. The lowest BCUT2D eigenvalue weighted by Crippen LogP contribution is -2.29. The van der Waals surface area contributed by atoms with Crippen molar-refractivity contribution < 1.29 is 43.0 Å². The summed E-state index contributed by atoms with van der Waals surface area (Å²) in [4.78, 5) is 22.6. The Balaban J connectivity index is 4.03. The van der Waals surface area contributed by atoms with E-state index in [4.69, 9.17) is 23.6 Å². The van der Waals surface area contributed by atoms with Gasteiger partial charge in [0.05, 0.1) is 26.4 Å². The first kappa shape index (κ1) is 55.5. The zero-order valence-corrected chi connectivity index (χ0v) is 37.8. The maximum Gasteiger partial charge on any atom is 0.472 e. The average molecular weight is 821 g/mol. The third-order valence-corrected chi connectivity index (χ3v) is 11.7. The molecule has 0 aliphatic carbocycles. The Morgan fingerprint density at radius 3 is 1.16 bits per heavy atom. The monoisotopic (exact) mass is 821 g/mol. The summed E-state index contributed by atoms with van der Waals surface area (Å²) >= 11 is 0. The molecule has 0 amide bonds. The minimum atomic E-state index is -4.51. The van der Waals surface area contributed by atoms with Gasteiger partial charge in [-0.2, -0.15) is 0 Å². The predicted octanol–water partition coefficient (Wildman–Crippen LogP) is 13.5. The first-order valence-electron chi connectivity index (χ1n) is 24.0. The van der Waals surface area contributed by atoms with Crippen molar-refractivity contribution in [1.29, 1.82) is 0 Å². The lowest BCUT2D eigenvalue weighted by atomic mass is 10.0. The Hall–Kier alpha value is -0.540. The molecule has 0 aliphatic heterocycles. The molecule has 0 aliphatic rings. The van der Waals surface area contributed by atoms with Gasteiger partial charge in [0.1, 0.15) is 12.2 Å². The van der Waals surface area contributed by atoms with Crippen LogP contribution in [0.2, 0.25) is 0 Å². The Bertz CT molecular complexity index is 845. The smallest absolute Gasteiger partial charge is 0.457 e. The highest BCUT2D eigenvalue weighted by Crippen LogP contribution is 2.43. The van der Waals surface area contributed by atoms with E-state index in [-0.39, 0.29) is 25.6 Å². The lowest BCUT2D eigenvalue weighted by molar-refractivity contribution is -0.154. The van der Waals surface area contributed by atoms with Gasteiger partial charge in [-0.05, 0) is 12.8 Å². The number of unbranched alkanes of at least 4 members (excludes halogenated alkanes) is 33. The van der Waals surface area contributed by atoms with Crippen LogP contribution in [0, 0.1) is 0 Å². The number of aliphatic hydroxyl groups is 2. The van der Waals surface area contributed by atoms with Crippen molar-refractivity contribution in [3.8, 4) is 0 Å². The van der Waals surface area contributed by atoms with Crippen molar-refractivity contribution in [2.24, 2.45) is 0 Å². The van der Waals surface area contributed by atoms with Crippen LogP contribution in [0.4, 0.5) is 0 Å². The van der Waals surface area contributed by atoms with E-state index in [0.29, 0.717) is 6.61 Å². The molecule has 0 spiro atoms. The van der Waals surface area contributed by atoms with Gasteiger partial charge in [-0.15, -0.1) is 0 Å². The van der Waals surface area contributed by atoms with Crippen LogP contribution in [0.1, 0.15) is 245 Å². The van der Waals surface area contributed by atoms with Crippen LogP contribution < -0.4 is 0 Å². The maximum absolute atomic E-state index is 12.6. The Morgan fingerprint density at radius 2 is 0.804 bits per heavy atom. The van der Waals surface area contributed by atoms with Crippen LogP contribution in [0.25, 0.3) is 0 Å². The molecule has 1 unspecified atom stereocenters. The fourth-order valence-corrected chi connectivity index (χ4v) is 7.91. The third kappa shape index (κ3) is 43.0. The standard InChI is InChI=1S/C46H93O9P/c1-3-5-7-9-11-13-15-17-19-20-21-22-23-24-25-26-28-30-32-34-36-38-46(49)55-45(43-54-56(50,51)53-41-44(48)40-47)42-52-39-37-35-33-31-29-27-18-16-14-12-10-8-6-4-2/h44-45,47-48H,3-43H2,1-2H3,(H,50,51)/t44-,45+/m0/s1. The number of carbonyl (C=O) groups is 1. The number of rotatable bonds is 47. The molecule has 0 saturated carbocycles. The Morgan fingerprint density at radius 1 is 0.482 bits per heavy atom. The van der Waals surface area contributed by atoms with Gasteiger partial charge in [0.2, 0.25) is 0 Å². The molecular formula is C46H93O9P. The van der Waals surface area contributed by atoms with Gasteiger partial charge >= 0.3 is 13.8 Å². The van der Waals surface area contributed by atoms with Crippen LogP contribution in [0.5, 0.6) is 0 Å².